The number of benzene rings is 1. The number of hydrogen-bond acceptors (Lipinski definition) is 5. The van der Waals surface area contributed by atoms with E-state index in [1.54, 1.807) is 10.6 Å². The smallest absolute Gasteiger partial charge is 0.335 e. The third-order valence-corrected chi connectivity index (χ3v) is 3.26. The number of nitrogens with one attached hydrogen (secondary N) is 1. The van der Waals surface area contributed by atoms with Gasteiger partial charge >= 0.3 is 12.0 Å². The number of imide groups is 1. The quantitative estimate of drug-likeness (QED) is 0.848. The van der Waals surface area contributed by atoms with E-state index in [1.165, 1.54) is 29.7 Å². The van der Waals surface area contributed by atoms with E-state index < -0.39 is 12.0 Å². The number of carboxylic acids is 1. The molecule has 1 fully saturated rings. The largest absolute Gasteiger partial charge is 0.478 e. The van der Waals surface area contributed by atoms with E-state index in [2.05, 4.69) is 15.5 Å². The summed E-state index contributed by atoms with van der Waals surface area (Å²) in [6.07, 6.45) is 3.02. The lowest BCUT2D eigenvalue weighted by Crippen LogP contribution is -2.49. The average molecular weight is 301 g/mol. The fourth-order valence-electron chi connectivity index (χ4n) is 2.21. The predicted molar refractivity (Wildman–Crippen MR) is 73.8 cm³/mol. The van der Waals surface area contributed by atoms with Crippen molar-refractivity contribution in [2.45, 2.75) is 6.42 Å². The molecule has 0 spiro atoms. The maximum absolute atomic E-state index is 12.0. The monoisotopic (exact) mass is 301 g/mol. The third kappa shape index (κ3) is 2.39. The Morgan fingerprint density at radius 1 is 1.18 bits per heavy atom. The van der Waals surface area contributed by atoms with Gasteiger partial charge in [0.1, 0.15) is 12.7 Å². The van der Waals surface area contributed by atoms with E-state index in [9.17, 15) is 14.4 Å². The minimum absolute atomic E-state index is 0.0384. The Morgan fingerprint density at radius 3 is 2.55 bits per heavy atom. The molecular formula is C13H11N5O4. The van der Waals surface area contributed by atoms with Crippen LogP contribution in [0.5, 0.6) is 0 Å². The van der Waals surface area contributed by atoms with E-state index in [0.717, 1.165) is 0 Å². The summed E-state index contributed by atoms with van der Waals surface area (Å²) in [5, 5.41) is 18.7. The highest BCUT2D eigenvalue weighted by atomic mass is 16.4. The first-order valence-corrected chi connectivity index (χ1v) is 6.40. The van der Waals surface area contributed by atoms with Crippen molar-refractivity contribution < 1.29 is 19.5 Å². The van der Waals surface area contributed by atoms with Crippen LogP contribution in [0.1, 0.15) is 16.8 Å². The molecule has 0 radical (unpaired) electrons. The zero-order valence-electron chi connectivity index (χ0n) is 11.3. The van der Waals surface area contributed by atoms with Gasteiger partial charge in [0, 0.05) is 13.0 Å². The first-order chi connectivity index (χ1) is 10.6. The fourth-order valence-corrected chi connectivity index (χ4v) is 2.21. The summed E-state index contributed by atoms with van der Waals surface area (Å²) < 4.78 is 1.56. The predicted octanol–water partition coefficient (Wildman–Crippen LogP) is 0.412. The molecular weight excluding hydrogens is 290 g/mol. The Hall–Kier alpha value is -3.23. The standard InChI is InChI=1S/C13H11N5O4/c19-11-3-4-18(13(22)16-11)10-5-8(12(20)21)1-2-9(10)17-6-14-15-7-17/h1-2,5-7H,3-4H2,(H,20,21)(H,16,19,22). The van der Waals surface area contributed by atoms with Crippen LogP contribution in [0.3, 0.4) is 0 Å². The maximum atomic E-state index is 12.0. The molecule has 1 aliphatic heterocycles. The number of urea groups is 1. The Morgan fingerprint density at radius 2 is 1.91 bits per heavy atom. The SMILES string of the molecule is O=C1CCN(c2cc(C(=O)O)ccc2-n2cnnc2)C(=O)N1. The first kappa shape index (κ1) is 13.7. The molecule has 0 saturated carbocycles. The van der Waals surface area contributed by atoms with Crippen LogP contribution < -0.4 is 10.2 Å². The fraction of sp³-hybridized carbons (Fsp3) is 0.154. The Balaban J connectivity index is 2.10. The van der Waals surface area contributed by atoms with Gasteiger partial charge in [-0.1, -0.05) is 0 Å². The maximum Gasteiger partial charge on any atom is 0.335 e. The van der Waals surface area contributed by atoms with Crippen LogP contribution in [0.2, 0.25) is 0 Å². The second kappa shape index (κ2) is 5.28. The molecule has 9 nitrogen and oxygen atoms in total. The van der Waals surface area contributed by atoms with Crippen LogP contribution in [-0.4, -0.2) is 44.3 Å². The normalized spacial score (nSPS) is 14.8. The van der Waals surface area contributed by atoms with E-state index in [-0.39, 0.29) is 24.4 Å². The molecule has 3 amide bonds. The first-order valence-electron chi connectivity index (χ1n) is 6.40. The second-order valence-corrected chi connectivity index (χ2v) is 4.63. The van der Waals surface area contributed by atoms with Gasteiger partial charge in [0.25, 0.3) is 0 Å². The van der Waals surface area contributed by atoms with Crippen molar-refractivity contribution in [3.63, 3.8) is 0 Å². The molecule has 1 saturated heterocycles. The van der Waals surface area contributed by atoms with Crippen molar-refractivity contribution in [1.29, 1.82) is 0 Å². The molecule has 0 atom stereocenters. The summed E-state index contributed by atoms with van der Waals surface area (Å²) in [6.45, 7) is 0.170. The molecule has 22 heavy (non-hydrogen) atoms. The Labute approximate surface area is 124 Å². The molecule has 2 N–H and O–H groups in total. The van der Waals surface area contributed by atoms with E-state index in [0.29, 0.717) is 11.4 Å². The van der Waals surface area contributed by atoms with E-state index in [1.807, 2.05) is 0 Å². The zero-order chi connectivity index (χ0) is 15.7. The number of hydrogen-bond donors (Lipinski definition) is 2. The van der Waals surface area contributed by atoms with Gasteiger partial charge in [0.05, 0.1) is 16.9 Å². The Bertz CT molecular complexity index is 756. The summed E-state index contributed by atoms with van der Waals surface area (Å²) >= 11 is 0. The van der Waals surface area contributed by atoms with Crippen molar-refractivity contribution in [2.24, 2.45) is 0 Å². The minimum Gasteiger partial charge on any atom is -0.478 e. The number of aromatic carboxylic acids is 1. The number of aromatic nitrogens is 3. The van der Waals surface area contributed by atoms with Gasteiger partial charge in [0.2, 0.25) is 5.91 Å². The van der Waals surface area contributed by atoms with Crippen molar-refractivity contribution in [2.75, 3.05) is 11.4 Å². The number of rotatable bonds is 3. The van der Waals surface area contributed by atoms with E-state index >= 15 is 0 Å². The van der Waals surface area contributed by atoms with Crippen molar-refractivity contribution in [3.05, 3.63) is 36.4 Å². The number of carboxylic acid groups (broad SMARTS) is 1. The number of carbonyl (C=O) groups excluding carboxylic acids is 2. The molecule has 3 rings (SSSR count). The van der Waals surface area contributed by atoms with Crippen molar-refractivity contribution in [1.82, 2.24) is 20.1 Å². The van der Waals surface area contributed by atoms with Crippen molar-refractivity contribution in [3.8, 4) is 5.69 Å². The van der Waals surface area contributed by atoms with Crippen LogP contribution in [0.15, 0.2) is 30.9 Å². The lowest BCUT2D eigenvalue weighted by molar-refractivity contribution is -0.120. The molecule has 0 unspecified atom stereocenters. The van der Waals surface area contributed by atoms with E-state index in [4.69, 9.17) is 5.11 Å². The van der Waals surface area contributed by atoms with Gasteiger partial charge < -0.3 is 5.11 Å². The van der Waals surface area contributed by atoms with Crippen LogP contribution in [0.25, 0.3) is 5.69 Å². The molecule has 112 valence electrons. The third-order valence-electron chi connectivity index (χ3n) is 3.26. The Kier molecular flexibility index (Phi) is 3.30. The summed E-state index contributed by atoms with van der Waals surface area (Å²) in [7, 11) is 0. The number of anilines is 1. The molecule has 1 aromatic heterocycles. The molecule has 2 aromatic rings. The van der Waals surface area contributed by atoms with Gasteiger partial charge in [-0.25, -0.2) is 9.59 Å². The zero-order valence-corrected chi connectivity index (χ0v) is 11.3. The average Bonchev–Trinajstić information content (AvgIpc) is 3.00. The molecule has 1 aromatic carbocycles. The molecule has 1 aliphatic rings. The second-order valence-electron chi connectivity index (χ2n) is 4.63. The van der Waals surface area contributed by atoms with Gasteiger partial charge in [0.15, 0.2) is 0 Å². The lowest BCUT2D eigenvalue weighted by atomic mass is 10.1. The topological polar surface area (TPSA) is 117 Å². The highest BCUT2D eigenvalue weighted by Crippen LogP contribution is 2.27. The number of carbonyl (C=O) groups is 3. The molecule has 0 aliphatic carbocycles. The summed E-state index contributed by atoms with van der Waals surface area (Å²) in [5.41, 5.74) is 0.945. The van der Waals surface area contributed by atoms with Crippen LogP contribution >= 0.6 is 0 Å². The number of amides is 3. The lowest BCUT2D eigenvalue weighted by Gasteiger charge is -2.28. The molecule has 0 bridgehead atoms. The molecule has 2 heterocycles. The van der Waals surface area contributed by atoms with Gasteiger partial charge in [-0.2, -0.15) is 0 Å². The highest BCUT2D eigenvalue weighted by Gasteiger charge is 2.27. The summed E-state index contributed by atoms with van der Waals surface area (Å²) in [6, 6.07) is 3.78. The van der Waals surface area contributed by atoms with Gasteiger partial charge in [-0.3, -0.25) is 19.6 Å². The minimum atomic E-state index is -1.11. The van der Waals surface area contributed by atoms with Crippen molar-refractivity contribution >= 4 is 23.6 Å². The number of nitrogens with zero attached hydrogens (tertiary/aromatic N) is 4. The van der Waals surface area contributed by atoms with Gasteiger partial charge in [-0.05, 0) is 18.2 Å². The highest BCUT2D eigenvalue weighted by molar-refractivity contribution is 6.07. The summed E-state index contributed by atoms with van der Waals surface area (Å²) in [5.74, 6) is -1.47. The van der Waals surface area contributed by atoms with Gasteiger partial charge in [-0.15, -0.1) is 10.2 Å². The van der Waals surface area contributed by atoms with Crippen LogP contribution in [0.4, 0.5) is 10.5 Å². The van der Waals surface area contributed by atoms with Crippen LogP contribution in [0, 0.1) is 0 Å². The summed E-state index contributed by atoms with van der Waals surface area (Å²) in [4.78, 5) is 35.8. The van der Waals surface area contributed by atoms with Crippen LogP contribution in [-0.2, 0) is 4.79 Å². The molecule has 9 heteroatoms.